The monoisotopic (exact) mass is 269 g/mol. The van der Waals surface area contributed by atoms with E-state index in [9.17, 15) is 0 Å². The number of aromatic nitrogens is 1. The highest BCUT2D eigenvalue weighted by Gasteiger charge is 2.22. The van der Waals surface area contributed by atoms with E-state index in [-0.39, 0.29) is 11.6 Å². The van der Waals surface area contributed by atoms with Crippen molar-refractivity contribution in [3.05, 3.63) is 16.1 Å². The Kier molecular flexibility index (Phi) is 4.37. The maximum atomic E-state index is 5.78. The molecule has 2 heterocycles. The number of hydrogen-bond donors (Lipinski definition) is 1. The summed E-state index contributed by atoms with van der Waals surface area (Å²) in [6, 6.07) is 0. The van der Waals surface area contributed by atoms with Crippen LogP contribution in [0.1, 0.15) is 36.8 Å². The highest BCUT2D eigenvalue weighted by Crippen LogP contribution is 2.26. The van der Waals surface area contributed by atoms with Crippen LogP contribution in [0.25, 0.3) is 0 Å². The molecule has 0 radical (unpaired) electrons. The second-order valence-corrected chi connectivity index (χ2v) is 7.04. The van der Waals surface area contributed by atoms with Gasteiger partial charge in [-0.05, 0) is 27.8 Å². The normalized spacial score (nSPS) is 22.3. The Morgan fingerprint density at radius 3 is 3.00 bits per heavy atom. The summed E-state index contributed by atoms with van der Waals surface area (Å²) in [6.07, 6.45) is 2.12. The molecular weight excluding hydrogens is 246 g/mol. The molecule has 1 saturated heterocycles. The summed E-state index contributed by atoms with van der Waals surface area (Å²) in [5.74, 6) is 0. The average molecular weight is 269 g/mol. The number of rotatable bonds is 3. The number of nitrogens with zero attached hydrogens (tertiary/aromatic N) is 2. The van der Waals surface area contributed by atoms with E-state index in [1.54, 1.807) is 11.3 Å². The lowest BCUT2D eigenvalue weighted by Crippen LogP contribution is -2.35. The van der Waals surface area contributed by atoms with Gasteiger partial charge in [-0.3, -0.25) is 0 Å². The number of hydrogen-bond acceptors (Lipinski definition) is 5. The molecule has 1 fully saturated rings. The van der Waals surface area contributed by atoms with Gasteiger partial charge in [0.2, 0.25) is 0 Å². The summed E-state index contributed by atoms with van der Waals surface area (Å²) in [5.41, 5.74) is 0.145. The minimum absolute atomic E-state index is 0.145. The SMILES string of the molecule is CN1CCOC(c2ncc(CNC(C)(C)C)s2)C1. The van der Waals surface area contributed by atoms with Crippen molar-refractivity contribution in [2.45, 2.75) is 39.0 Å². The number of morpholine rings is 1. The Morgan fingerprint density at radius 2 is 2.33 bits per heavy atom. The molecule has 0 aliphatic carbocycles. The van der Waals surface area contributed by atoms with E-state index in [2.05, 4.69) is 43.0 Å². The van der Waals surface area contributed by atoms with Gasteiger partial charge >= 0.3 is 0 Å². The molecule has 1 aromatic rings. The van der Waals surface area contributed by atoms with Gasteiger partial charge in [-0.15, -0.1) is 11.3 Å². The lowest BCUT2D eigenvalue weighted by atomic mass is 10.1. The standard InChI is InChI=1S/C13H23N3OS/c1-13(2,3)15-8-10-7-14-12(18-10)11-9-16(4)5-6-17-11/h7,11,15H,5-6,8-9H2,1-4H3. The molecule has 1 aliphatic rings. The van der Waals surface area contributed by atoms with Gasteiger partial charge in [0.1, 0.15) is 11.1 Å². The van der Waals surface area contributed by atoms with Crippen LogP contribution in [0.2, 0.25) is 0 Å². The number of ether oxygens (including phenoxy) is 1. The van der Waals surface area contributed by atoms with Crippen molar-refractivity contribution in [3.63, 3.8) is 0 Å². The van der Waals surface area contributed by atoms with E-state index in [4.69, 9.17) is 4.74 Å². The third-order valence-corrected chi connectivity index (χ3v) is 4.00. The zero-order valence-electron chi connectivity index (χ0n) is 11.7. The lowest BCUT2D eigenvalue weighted by Gasteiger charge is -2.28. The predicted octanol–water partition coefficient (Wildman–Crippen LogP) is 2.03. The Bertz CT molecular complexity index is 386. The summed E-state index contributed by atoms with van der Waals surface area (Å²) in [7, 11) is 2.13. The molecular formula is C13H23N3OS. The molecule has 1 unspecified atom stereocenters. The van der Waals surface area contributed by atoms with Gasteiger partial charge in [-0.25, -0.2) is 4.98 Å². The molecule has 4 nitrogen and oxygen atoms in total. The molecule has 2 rings (SSSR count). The summed E-state index contributed by atoms with van der Waals surface area (Å²) in [4.78, 5) is 8.07. The molecule has 102 valence electrons. The number of likely N-dealkylation sites (N-methyl/N-ethyl adjacent to an activating group) is 1. The topological polar surface area (TPSA) is 37.4 Å². The molecule has 1 aromatic heterocycles. The first-order valence-corrected chi connectivity index (χ1v) is 7.25. The van der Waals surface area contributed by atoms with Crippen molar-refractivity contribution >= 4 is 11.3 Å². The third kappa shape index (κ3) is 4.02. The van der Waals surface area contributed by atoms with Crippen molar-refractivity contribution in [1.29, 1.82) is 0 Å². The summed E-state index contributed by atoms with van der Waals surface area (Å²) < 4.78 is 5.78. The van der Waals surface area contributed by atoms with Gasteiger partial charge in [0.15, 0.2) is 0 Å². The van der Waals surface area contributed by atoms with Gasteiger partial charge in [-0.2, -0.15) is 0 Å². The van der Waals surface area contributed by atoms with Gasteiger partial charge in [0.25, 0.3) is 0 Å². The average Bonchev–Trinajstić information content (AvgIpc) is 2.74. The molecule has 0 bridgehead atoms. The molecule has 0 amide bonds. The van der Waals surface area contributed by atoms with Crippen LogP contribution >= 0.6 is 11.3 Å². The summed E-state index contributed by atoms with van der Waals surface area (Å²) in [6.45, 7) is 10.2. The molecule has 1 aliphatic heterocycles. The predicted molar refractivity (Wildman–Crippen MR) is 74.9 cm³/mol. The third-order valence-electron chi connectivity index (χ3n) is 2.91. The molecule has 0 aromatic carbocycles. The fraction of sp³-hybridized carbons (Fsp3) is 0.769. The van der Waals surface area contributed by atoms with Crippen molar-refractivity contribution in [2.75, 3.05) is 26.7 Å². The van der Waals surface area contributed by atoms with Crippen LogP contribution in [0.15, 0.2) is 6.20 Å². The van der Waals surface area contributed by atoms with E-state index >= 15 is 0 Å². The van der Waals surface area contributed by atoms with E-state index in [0.717, 1.165) is 31.2 Å². The van der Waals surface area contributed by atoms with Crippen LogP contribution in [0.4, 0.5) is 0 Å². The van der Waals surface area contributed by atoms with Gasteiger partial charge in [-0.1, -0.05) is 0 Å². The highest BCUT2D eigenvalue weighted by molar-refractivity contribution is 7.11. The Labute approximate surface area is 113 Å². The van der Waals surface area contributed by atoms with E-state index in [1.807, 2.05) is 6.20 Å². The molecule has 1 atom stereocenters. The highest BCUT2D eigenvalue weighted by atomic mass is 32.1. The Hall–Kier alpha value is -0.490. The first-order chi connectivity index (χ1) is 8.44. The summed E-state index contributed by atoms with van der Waals surface area (Å²) >= 11 is 1.76. The smallest absolute Gasteiger partial charge is 0.123 e. The van der Waals surface area contributed by atoms with Crippen LogP contribution in [0.3, 0.4) is 0 Å². The molecule has 5 heteroatoms. The maximum Gasteiger partial charge on any atom is 0.123 e. The largest absolute Gasteiger partial charge is 0.368 e. The first-order valence-electron chi connectivity index (χ1n) is 6.44. The number of nitrogens with one attached hydrogen (secondary N) is 1. The lowest BCUT2D eigenvalue weighted by molar-refractivity contribution is -0.0209. The van der Waals surface area contributed by atoms with E-state index in [1.165, 1.54) is 4.88 Å². The second kappa shape index (κ2) is 5.65. The Morgan fingerprint density at radius 1 is 1.56 bits per heavy atom. The zero-order chi connectivity index (χ0) is 13.2. The fourth-order valence-electron chi connectivity index (χ4n) is 1.83. The van der Waals surface area contributed by atoms with Crippen LogP contribution in [0.5, 0.6) is 0 Å². The van der Waals surface area contributed by atoms with Crippen LogP contribution < -0.4 is 5.32 Å². The quantitative estimate of drug-likeness (QED) is 0.911. The van der Waals surface area contributed by atoms with Crippen molar-refractivity contribution in [2.24, 2.45) is 0 Å². The van der Waals surface area contributed by atoms with E-state index < -0.39 is 0 Å². The van der Waals surface area contributed by atoms with E-state index in [0.29, 0.717) is 0 Å². The van der Waals surface area contributed by atoms with Crippen LogP contribution in [0, 0.1) is 0 Å². The summed E-state index contributed by atoms with van der Waals surface area (Å²) in [5, 5.41) is 4.59. The zero-order valence-corrected chi connectivity index (χ0v) is 12.5. The van der Waals surface area contributed by atoms with Gasteiger partial charge < -0.3 is 15.0 Å². The van der Waals surface area contributed by atoms with Crippen molar-refractivity contribution in [1.82, 2.24) is 15.2 Å². The van der Waals surface area contributed by atoms with Crippen LogP contribution in [-0.2, 0) is 11.3 Å². The molecule has 0 saturated carbocycles. The number of thiazole rings is 1. The molecule has 0 spiro atoms. The molecule has 18 heavy (non-hydrogen) atoms. The minimum atomic E-state index is 0.145. The van der Waals surface area contributed by atoms with Gasteiger partial charge in [0, 0.05) is 36.2 Å². The Balaban J connectivity index is 1.93. The second-order valence-electron chi connectivity index (χ2n) is 5.89. The van der Waals surface area contributed by atoms with Crippen molar-refractivity contribution in [3.8, 4) is 0 Å². The molecule has 1 N–H and O–H groups in total. The minimum Gasteiger partial charge on any atom is -0.368 e. The van der Waals surface area contributed by atoms with Crippen molar-refractivity contribution < 1.29 is 4.74 Å². The maximum absolute atomic E-state index is 5.78. The first kappa shape index (κ1) is 13.9. The van der Waals surface area contributed by atoms with Crippen LogP contribution in [-0.4, -0.2) is 42.2 Å². The fourth-order valence-corrected chi connectivity index (χ4v) is 2.73. The van der Waals surface area contributed by atoms with Gasteiger partial charge in [0.05, 0.1) is 6.61 Å².